The Morgan fingerprint density at radius 3 is 2.25 bits per heavy atom. The summed E-state index contributed by atoms with van der Waals surface area (Å²) >= 11 is 0. The molecule has 7 heteroatoms. The van der Waals surface area contributed by atoms with E-state index in [1.807, 2.05) is 24.8 Å². The minimum atomic E-state index is -0.472. The molecule has 0 aliphatic carbocycles. The van der Waals surface area contributed by atoms with Gasteiger partial charge in [0.2, 0.25) is 0 Å². The zero-order chi connectivity index (χ0) is 18.1. The van der Waals surface area contributed by atoms with Crippen molar-refractivity contribution in [2.75, 3.05) is 30.4 Å². The van der Waals surface area contributed by atoms with Gasteiger partial charge in [-0.2, -0.15) is 15.8 Å². The molecule has 1 N–H and O–H groups in total. The Morgan fingerprint density at radius 2 is 1.79 bits per heavy atom. The number of anilines is 2. The molecule has 0 unspecified atom stereocenters. The van der Waals surface area contributed by atoms with Crippen molar-refractivity contribution in [3.8, 4) is 18.2 Å². The fourth-order valence-corrected chi connectivity index (χ4v) is 2.13. The summed E-state index contributed by atoms with van der Waals surface area (Å²) in [6, 6.07) is 10.00. The molecule has 0 aliphatic rings. The molecule has 0 bridgehead atoms. The average molecular weight is 323 g/mol. The largest absolute Gasteiger partial charge is 0.465 e. The standard InChI is InChI=1S/C17H17N5O2/c1-4-22(5-2)16-8-12(17(23)24-3)6-7-14(16)21-15(11-20)13(9-18)10-19/h6-8,21H,4-5H2,1-3H3. The Bertz CT molecular complexity index is 758. The monoisotopic (exact) mass is 323 g/mol. The number of nitriles is 3. The summed E-state index contributed by atoms with van der Waals surface area (Å²) in [6.45, 7) is 5.25. The van der Waals surface area contributed by atoms with Gasteiger partial charge in [-0.3, -0.25) is 0 Å². The van der Waals surface area contributed by atoms with E-state index in [0.29, 0.717) is 30.0 Å². The summed E-state index contributed by atoms with van der Waals surface area (Å²) in [4.78, 5) is 13.7. The summed E-state index contributed by atoms with van der Waals surface area (Å²) in [6.07, 6.45) is 0. The number of hydrogen-bond donors (Lipinski definition) is 1. The Kier molecular flexibility index (Phi) is 6.82. The fourth-order valence-electron chi connectivity index (χ4n) is 2.13. The maximum absolute atomic E-state index is 11.7. The van der Waals surface area contributed by atoms with E-state index in [4.69, 9.17) is 15.3 Å². The molecule has 0 saturated heterocycles. The van der Waals surface area contributed by atoms with Gasteiger partial charge in [0.25, 0.3) is 0 Å². The Labute approximate surface area is 141 Å². The third kappa shape index (κ3) is 4.03. The van der Waals surface area contributed by atoms with E-state index < -0.39 is 5.97 Å². The lowest BCUT2D eigenvalue weighted by atomic mass is 10.1. The van der Waals surface area contributed by atoms with E-state index in [2.05, 4.69) is 5.32 Å². The molecule has 122 valence electrons. The van der Waals surface area contributed by atoms with Crippen molar-refractivity contribution in [2.45, 2.75) is 13.8 Å². The lowest BCUT2D eigenvalue weighted by Crippen LogP contribution is -2.23. The van der Waals surface area contributed by atoms with E-state index in [9.17, 15) is 10.1 Å². The minimum absolute atomic E-state index is 0.140. The highest BCUT2D eigenvalue weighted by Gasteiger charge is 2.15. The van der Waals surface area contributed by atoms with E-state index in [1.165, 1.54) is 7.11 Å². The molecule has 0 saturated carbocycles. The first kappa shape index (κ1) is 18.5. The molecule has 0 fully saturated rings. The van der Waals surface area contributed by atoms with Gasteiger partial charge in [-0.25, -0.2) is 4.79 Å². The first-order valence-corrected chi connectivity index (χ1v) is 7.25. The van der Waals surface area contributed by atoms with E-state index in [-0.39, 0.29) is 11.3 Å². The second kappa shape index (κ2) is 8.82. The zero-order valence-electron chi connectivity index (χ0n) is 13.8. The molecule has 0 heterocycles. The second-order valence-electron chi connectivity index (χ2n) is 4.61. The van der Waals surface area contributed by atoms with Gasteiger partial charge >= 0.3 is 5.97 Å². The minimum Gasteiger partial charge on any atom is -0.465 e. The number of methoxy groups -OCH3 is 1. The fraction of sp³-hybridized carbons (Fsp3) is 0.294. The number of hydrogen-bond acceptors (Lipinski definition) is 7. The van der Waals surface area contributed by atoms with Crippen LogP contribution in [0.15, 0.2) is 29.5 Å². The molecule has 0 aromatic heterocycles. The first-order chi connectivity index (χ1) is 11.6. The molecule has 0 spiro atoms. The van der Waals surface area contributed by atoms with Gasteiger partial charge in [0.05, 0.1) is 24.0 Å². The van der Waals surface area contributed by atoms with Crippen LogP contribution in [0.2, 0.25) is 0 Å². The predicted octanol–water partition coefficient (Wildman–Crippen LogP) is 2.56. The SMILES string of the molecule is CCN(CC)c1cc(C(=O)OC)ccc1NC(C#N)=C(C#N)C#N. The van der Waals surface area contributed by atoms with Crippen molar-refractivity contribution < 1.29 is 9.53 Å². The number of carbonyl (C=O) groups is 1. The third-order valence-electron chi connectivity index (χ3n) is 3.37. The van der Waals surface area contributed by atoms with Crippen LogP contribution in [0, 0.1) is 34.0 Å². The van der Waals surface area contributed by atoms with Crippen LogP contribution < -0.4 is 10.2 Å². The molecule has 0 atom stereocenters. The summed E-state index contributed by atoms with van der Waals surface area (Å²) in [5.74, 6) is -0.472. The van der Waals surface area contributed by atoms with Crippen molar-refractivity contribution >= 4 is 17.3 Å². The molecule has 24 heavy (non-hydrogen) atoms. The quantitative estimate of drug-likeness (QED) is 0.632. The average Bonchev–Trinajstić information content (AvgIpc) is 2.62. The smallest absolute Gasteiger partial charge is 0.337 e. The van der Waals surface area contributed by atoms with E-state index >= 15 is 0 Å². The molecule has 7 nitrogen and oxygen atoms in total. The first-order valence-electron chi connectivity index (χ1n) is 7.25. The Balaban J connectivity index is 3.46. The highest BCUT2D eigenvalue weighted by molar-refractivity contribution is 5.92. The van der Waals surface area contributed by atoms with Crippen molar-refractivity contribution in [2.24, 2.45) is 0 Å². The number of rotatable bonds is 6. The van der Waals surface area contributed by atoms with Crippen molar-refractivity contribution in [3.05, 3.63) is 35.0 Å². The van der Waals surface area contributed by atoms with E-state index in [0.717, 1.165) is 0 Å². The van der Waals surface area contributed by atoms with Gasteiger partial charge in [-0.1, -0.05) is 0 Å². The van der Waals surface area contributed by atoms with Gasteiger partial charge in [0, 0.05) is 13.1 Å². The number of nitrogens with one attached hydrogen (secondary N) is 1. The lowest BCUT2D eigenvalue weighted by molar-refractivity contribution is 0.0601. The van der Waals surface area contributed by atoms with Crippen LogP contribution in [0.4, 0.5) is 11.4 Å². The molecular formula is C17H17N5O2. The van der Waals surface area contributed by atoms with Crippen LogP contribution in [0.1, 0.15) is 24.2 Å². The topological polar surface area (TPSA) is 113 Å². The second-order valence-corrected chi connectivity index (χ2v) is 4.61. The number of carbonyl (C=O) groups excluding carboxylic acids is 1. The summed E-state index contributed by atoms with van der Waals surface area (Å²) < 4.78 is 4.73. The van der Waals surface area contributed by atoms with Crippen molar-refractivity contribution in [1.29, 1.82) is 15.8 Å². The molecule has 1 aromatic rings. The summed E-state index contributed by atoms with van der Waals surface area (Å²) in [5, 5.41) is 29.9. The number of esters is 1. The molecular weight excluding hydrogens is 306 g/mol. The number of benzene rings is 1. The summed E-state index contributed by atoms with van der Waals surface area (Å²) in [5.41, 5.74) is 1.12. The van der Waals surface area contributed by atoms with Crippen molar-refractivity contribution in [1.82, 2.24) is 0 Å². The summed E-state index contributed by atoms with van der Waals surface area (Å²) in [7, 11) is 1.30. The lowest BCUT2D eigenvalue weighted by Gasteiger charge is -2.25. The number of allylic oxidation sites excluding steroid dienone is 2. The van der Waals surface area contributed by atoms with Gasteiger partial charge in [-0.05, 0) is 32.0 Å². The van der Waals surface area contributed by atoms with Crippen LogP contribution in [-0.4, -0.2) is 26.2 Å². The van der Waals surface area contributed by atoms with Crippen LogP contribution in [0.5, 0.6) is 0 Å². The van der Waals surface area contributed by atoms with Gasteiger partial charge in [-0.15, -0.1) is 0 Å². The highest BCUT2D eigenvalue weighted by atomic mass is 16.5. The molecule has 0 aliphatic heterocycles. The number of ether oxygens (including phenoxy) is 1. The molecule has 1 aromatic carbocycles. The van der Waals surface area contributed by atoms with Gasteiger partial charge in [0.1, 0.15) is 23.9 Å². The Morgan fingerprint density at radius 1 is 1.17 bits per heavy atom. The van der Waals surface area contributed by atoms with Gasteiger partial charge < -0.3 is 15.0 Å². The zero-order valence-corrected chi connectivity index (χ0v) is 13.8. The third-order valence-corrected chi connectivity index (χ3v) is 3.37. The van der Waals surface area contributed by atoms with Crippen LogP contribution in [0.3, 0.4) is 0 Å². The molecule has 0 amide bonds. The number of nitrogens with zero attached hydrogens (tertiary/aromatic N) is 4. The van der Waals surface area contributed by atoms with Crippen LogP contribution >= 0.6 is 0 Å². The van der Waals surface area contributed by atoms with Crippen LogP contribution in [0.25, 0.3) is 0 Å². The van der Waals surface area contributed by atoms with Crippen molar-refractivity contribution in [3.63, 3.8) is 0 Å². The maximum Gasteiger partial charge on any atom is 0.337 e. The normalized spacial score (nSPS) is 9.00. The van der Waals surface area contributed by atoms with E-state index in [1.54, 1.807) is 30.3 Å². The van der Waals surface area contributed by atoms with Gasteiger partial charge in [0.15, 0.2) is 5.57 Å². The Hall–Kier alpha value is -3.50. The molecule has 1 rings (SSSR count). The molecule has 0 radical (unpaired) electrons. The van der Waals surface area contributed by atoms with Crippen LogP contribution in [-0.2, 0) is 4.74 Å². The highest BCUT2D eigenvalue weighted by Crippen LogP contribution is 2.29. The maximum atomic E-state index is 11.7. The predicted molar refractivity (Wildman–Crippen MR) is 88.8 cm³/mol.